The van der Waals surface area contributed by atoms with Crippen molar-refractivity contribution in [3.8, 4) is 11.3 Å². The van der Waals surface area contributed by atoms with E-state index in [-0.39, 0.29) is 5.91 Å². The SMILES string of the molecule is C[C@]1(C(=O)Nc2nc(-c3ccccc3Cl)cs2)CC1(Cl)Cl. The van der Waals surface area contributed by atoms with Crippen LogP contribution in [0, 0.1) is 5.41 Å². The Balaban J connectivity index is 1.78. The van der Waals surface area contributed by atoms with Gasteiger partial charge in [0.05, 0.1) is 11.1 Å². The van der Waals surface area contributed by atoms with Gasteiger partial charge in [0.1, 0.15) is 4.33 Å². The van der Waals surface area contributed by atoms with Crippen LogP contribution in [0.1, 0.15) is 13.3 Å². The predicted octanol–water partition coefficient (Wildman–Crippen LogP) is 4.99. The summed E-state index contributed by atoms with van der Waals surface area (Å²) in [5, 5.41) is 5.74. The van der Waals surface area contributed by atoms with E-state index in [4.69, 9.17) is 34.8 Å². The molecule has 7 heteroatoms. The normalized spacial score (nSPS) is 22.9. The molecular formula is C14H11Cl3N2OS. The number of carbonyl (C=O) groups is 1. The van der Waals surface area contributed by atoms with Crippen molar-refractivity contribution in [3.05, 3.63) is 34.7 Å². The van der Waals surface area contributed by atoms with E-state index >= 15 is 0 Å². The molecule has 1 aromatic heterocycles. The molecule has 1 aliphatic rings. The Hall–Kier alpha value is -0.810. The summed E-state index contributed by atoms with van der Waals surface area (Å²) in [5.74, 6) is -0.215. The number of benzene rings is 1. The van der Waals surface area contributed by atoms with Crippen LogP contribution in [0.3, 0.4) is 0 Å². The first-order valence-electron chi connectivity index (χ1n) is 6.23. The molecule has 2 aromatic rings. The fraction of sp³-hybridized carbons (Fsp3) is 0.286. The van der Waals surface area contributed by atoms with Crippen molar-refractivity contribution in [1.82, 2.24) is 4.98 Å². The van der Waals surface area contributed by atoms with Crippen LogP contribution in [-0.4, -0.2) is 15.2 Å². The van der Waals surface area contributed by atoms with E-state index < -0.39 is 9.75 Å². The fourth-order valence-corrected chi connectivity index (χ4v) is 3.65. The van der Waals surface area contributed by atoms with Gasteiger partial charge in [0.15, 0.2) is 5.13 Å². The number of halogens is 3. The maximum Gasteiger partial charge on any atom is 0.235 e. The highest BCUT2D eigenvalue weighted by Gasteiger charge is 2.68. The molecule has 110 valence electrons. The summed E-state index contributed by atoms with van der Waals surface area (Å²) < 4.78 is -0.986. The molecule has 0 spiro atoms. The quantitative estimate of drug-likeness (QED) is 0.783. The van der Waals surface area contributed by atoms with Crippen molar-refractivity contribution in [3.63, 3.8) is 0 Å². The summed E-state index contributed by atoms with van der Waals surface area (Å²) in [5.41, 5.74) is 0.800. The van der Waals surface area contributed by atoms with Crippen LogP contribution in [0.5, 0.6) is 0 Å². The van der Waals surface area contributed by atoms with E-state index in [1.165, 1.54) is 11.3 Å². The molecule has 0 unspecified atom stereocenters. The van der Waals surface area contributed by atoms with Crippen LogP contribution < -0.4 is 5.32 Å². The second-order valence-corrected chi connectivity index (χ2v) is 7.93. The standard InChI is InChI=1S/C14H11Cl3N2OS/c1-13(7-14(13,16)17)11(20)19-12-18-10(6-21-12)8-4-2-3-5-9(8)15/h2-6H,7H2,1H3,(H,18,19,20)/t13-/m1/s1. The molecule has 3 rings (SSSR count). The first-order chi connectivity index (χ1) is 9.83. The molecule has 21 heavy (non-hydrogen) atoms. The summed E-state index contributed by atoms with van der Waals surface area (Å²) in [4.78, 5) is 16.6. The van der Waals surface area contributed by atoms with Crippen LogP contribution in [0.4, 0.5) is 5.13 Å². The van der Waals surface area contributed by atoms with E-state index in [0.29, 0.717) is 16.6 Å². The molecule has 0 aliphatic heterocycles. The van der Waals surface area contributed by atoms with E-state index in [1.54, 1.807) is 13.0 Å². The van der Waals surface area contributed by atoms with Gasteiger partial charge in [-0.2, -0.15) is 0 Å². The van der Waals surface area contributed by atoms with Gasteiger partial charge in [-0.25, -0.2) is 4.98 Å². The second-order valence-electron chi connectivity index (χ2n) is 5.19. The molecule has 1 N–H and O–H groups in total. The van der Waals surface area contributed by atoms with Crippen LogP contribution in [0.25, 0.3) is 11.3 Å². The van der Waals surface area contributed by atoms with E-state index in [9.17, 15) is 4.79 Å². The largest absolute Gasteiger partial charge is 0.301 e. The molecule has 0 saturated heterocycles. The Morgan fingerprint density at radius 1 is 1.38 bits per heavy atom. The molecule has 1 heterocycles. The van der Waals surface area contributed by atoms with Gasteiger partial charge in [0, 0.05) is 16.0 Å². The van der Waals surface area contributed by atoms with Crippen LogP contribution >= 0.6 is 46.1 Å². The number of nitrogens with zero attached hydrogens (tertiary/aromatic N) is 1. The number of alkyl halides is 2. The summed E-state index contributed by atoms with van der Waals surface area (Å²) in [6.45, 7) is 1.74. The third-order valence-corrected chi connectivity index (χ3v) is 5.82. The lowest BCUT2D eigenvalue weighted by Gasteiger charge is -2.10. The van der Waals surface area contributed by atoms with Crippen LogP contribution in [0.2, 0.25) is 5.02 Å². The molecule has 1 saturated carbocycles. The fourth-order valence-electron chi connectivity index (χ4n) is 2.01. The highest BCUT2D eigenvalue weighted by molar-refractivity contribution is 7.14. The Kier molecular flexibility index (Phi) is 3.69. The predicted molar refractivity (Wildman–Crippen MR) is 88.4 cm³/mol. The van der Waals surface area contributed by atoms with Crippen molar-refractivity contribution in [2.24, 2.45) is 5.41 Å². The van der Waals surface area contributed by atoms with Gasteiger partial charge in [-0.05, 0) is 19.4 Å². The number of hydrogen-bond donors (Lipinski definition) is 1. The van der Waals surface area contributed by atoms with E-state index in [1.807, 2.05) is 23.6 Å². The Morgan fingerprint density at radius 3 is 2.67 bits per heavy atom. The highest BCUT2D eigenvalue weighted by atomic mass is 35.5. The van der Waals surface area contributed by atoms with Gasteiger partial charge in [0.2, 0.25) is 5.91 Å². The monoisotopic (exact) mass is 360 g/mol. The number of amides is 1. The summed E-state index contributed by atoms with van der Waals surface area (Å²) in [7, 11) is 0. The minimum atomic E-state index is -0.986. The van der Waals surface area contributed by atoms with Crippen LogP contribution in [0.15, 0.2) is 29.6 Å². The second kappa shape index (κ2) is 5.13. The first kappa shape index (κ1) is 15.1. The van der Waals surface area contributed by atoms with Gasteiger partial charge in [-0.15, -0.1) is 34.5 Å². The number of rotatable bonds is 3. The molecule has 1 fully saturated rings. The van der Waals surface area contributed by atoms with E-state index in [2.05, 4.69) is 10.3 Å². The van der Waals surface area contributed by atoms with Crippen molar-refractivity contribution in [2.45, 2.75) is 17.7 Å². The number of thiazole rings is 1. The first-order valence-corrected chi connectivity index (χ1v) is 8.24. The summed E-state index contributed by atoms with van der Waals surface area (Å²) >= 11 is 19.5. The van der Waals surface area contributed by atoms with Gasteiger partial charge < -0.3 is 5.32 Å². The lowest BCUT2D eigenvalue weighted by Crippen LogP contribution is -2.25. The molecule has 1 atom stereocenters. The van der Waals surface area contributed by atoms with Gasteiger partial charge in [-0.3, -0.25) is 4.79 Å². The average Bonchev–Trinajstić information content (AvgIpc) is 2.75. The van der Waals surface area contributed by atoms with Crippen molar-refractivity contribution >= 4 is 57.2 Å². The number of carbonyl (C=O) groups excluding carboxylic acids is 1. The molecule has 1 aromatic carbocycles. The number of hydrogen-bond acceptors (Lipinski definition) is 3. The van der Waals surface area contributed by atoms with Crippen LogP contribution in [-0.2, 0) is 4.79 Å². The Morgan fingerprint density at radius 2 is 2.05 bits per heavy atom. The lowest BCUT2D eigenvalue weighted by molar-refractivity contribution is -0.120. The third-order valence-electron chi connectivity index (χ3n) is 3.63. The molecule has 1 aliphatic carbocycles. The van der Waals surface area contributed by atoms with Crippen molar-refractivity contribution in [2.75, 3.05) is 5.32 Å². The minimum absolute atomic E-state index is 0.215. The lowest BCUT2D eigenvalue weighted by atomic mass is 10.1. The van der Waals surface area contributed by atoms with Gasteiger partial charge in [-0.1, -0.05) is 29.8 Å². The van der Waals surface area contributed by atoms with E-state index in [0.717, 1.165) is 11.3 Å². The van der Waals surface area contributed by atoms with Crippen molar-refractivity contribution in [1.29, 1.82) is 0 Å². The Bertz CT molecular complexity index is 716. The molecular weight excluding hydrogens is 351 g/mol. The maximum absolute atomic E-state index is 12.2. The zero-order valence-corrected chi connectivity index (χ0v) is 14.1. The summed E-state index contributed by atoms with van der Waals surface area (Å²) in [6.07, 6.45) is 0.442. The zero-order chi connectivity index (χ0) is 15.3. The molecule has 3 nitrogen and oxygen atoms in total. The highest BCUT2D eigenvalue weighted by Crippen LogP contribution is 2.64. The molecule has 0 bridgehead atoms. The Labute approximate surface area is 141 Å². The third kappa shape index (κ3) is 2.66. The maximum atomic E-state index is 12.2. The molecule has 1 amide bonds. The summed E-state index contributed by atoms with van der Waals surface area (Å²) in [6, 6.07) is 7.43. The van der Waals surface area contributed by atoms with Crippen molar-refractivity contribution < 1.29 is 4.79 Å². The van der Waals surface area contributed by atoms with Gasteiger partial charge >= 0.3 is 0 Å². The minimum Gasteiger partial charge on any atom is -0.301 e. The number of anilines is 1. The zero-order valence-electron chi connectivity index (χ0n) is 11.0. The average molecular weight is 362 g/mol. The number of nitrogens with one attached hydrogen (secondary N) is 1. The smallest absolute Gasteiger partial charge is 0.235 e. The van der Waals surface area contributed by atoms with Gasteiger partial charge in [0.25, 0.3) is 0 Å². The molecule has 0 radical (unpaired) electrons. The number of aromatic nitrogens is 1. The topological polar surface area (TPSA) is 42.0 Å².